The smallest absolute Gasteiger partial charge is 0.428 e. The fourth-order valence-electron chi connectivity index (χ4n) is 0.501. The molecule has 0 fully saturated rings. The second kappa shape index (κ2) is 2.30. The SMILES string of the molecule is O=[N+]([O-])C1=CC=CCO1. The molecule has 0 radical (unpaired) electrons. The van der Waals surface area contributed by atoms with Crippen molar-refractivity contribution in [2.24, 2.45) is 0 Å². The van der Waals surface area contributed by atoms with Crippen molar-refractivity contribution >= 4 is 0 Å². The fraction of sp³-hybridized carbons (Fsp3) is 0.200. The molecule has 0 unspecified atom stereocenters. The van der Waals surface area contributed by atoms with Crippen LogP contribution in [0.2, 0.25) is 0 Å². The van der Waals surface area contributed by atoms with Gasteiger partial charge in [-0.05, 0) is 6.08 Å². The molecule has 0 amide bonds. The zero-order valence-electron chi connectivity index (χ0n) is 4.61. The van der Waals surface area contributed by atoms with Gasteiger partial charge in [0, 0.05) is 0 Å². The zero-order chi connectivity index (χ0) is 6.69. The maximum atomic E-state index is 9.93. The van der Waals surface area contributed by atoms with E-state index >= 15 is 0 Å². The Balaban J connectivity index is 2.68. The topological polar surface area (TPSA) is 52.4 Å². The van der Waals surface area contributed by atoms with Gasteiger partial charge >= 0.3 is 5.88 Å². The van der Waals surface area contributed by atoms with Crippen molar-refractivity contribution in [2.45, 2.75) is 0 Å². The molecule has 0 aliphatic carbocycles. The van der Waals surface area contributed by atoms with Crippen LogP contribution in [-0.2, 0) is 4.74 Å². The minimum absolute atomic E-state index is 0.183. The van der Waals surface area contributed by atoms with Gasteiger partial charge in [0.05, 0.1) is 6.08 Å². The molecule has 48 valence electrons. The zero-order valence-corrected chi connectivity index (χ0v) is 4.61. The van der Waals surface area contributed by atoms with Gasteiger partial charge in [0.15, 0.2) is 0 Å². The molecule has 0 atom stereocenters. The van der Waals surface area contributed by atoms with Crippen LogP contribution in [0.3, 0.4) is 0 Å². The second-order valence-electron chi connectivity index (χ2n) is 1.50. The molecular weight excluding hydrogens is 122 g/mol. The largest absolute Gasteiger partial charge is 0.436 e. The molecular formula is C5H5NO3. The van der Waals surface area contributed by atoms with Gasteiger partial charge in [0.2, 0.25) is 0 Å². The summed E-state index contributed by atoms with van der Waals surface area (Å²) in [5.74, 6) is -0.183. The number of rotatable bonds is 1. The molecule has 1 heterocycles. The van der Waals surface area contributed by atoms with E-state index in [0.29, 0.717) is 6.61 Å². The molecule has 0 N–H and O–H groups in total. The number of ether oxygens (including phenoxy) is 1. The summed E-state index contributed by atoms with van der Waals surface area (Å²) in [6.07, 6.45) is 4.62. The van der Waals surface area contributed by atoms with Gasteiger partial charge in [-0.3, -0.25) is 10.1 Å². The third-order valence-electron chi connectivity index (χ3n) is 0.882. The molecule has 1 aliphatic rings. The Morgan fingerprint density at radius 2 is 2.56 bits per heavy atom. The highest BCUT2D eigenvalue weighted by atomic mass is 16.7. The van der Waals surface area contributed by atoms with Crippen LogP contribution in [0.25, 0.3) is 0 Å². The molecule has 0 aromatic heterocycles. The fourth-order valence-corrected chi connectivity index (χ4v) is 0.501. The summed E-state index contributed by atoms with van der Waals surface area (Å²) in [7, 11) is 0. The number of hydrogen-bond acceptors (Lipinski definition) is 3. The molecule has 0 aromatic rings. The lowest BCUT2D eigenvalue weighted by molar-refractivity contribution is -0.463. The summed E-state index contributed by atoms with van der Waals surface area (Å²) in [5.41, 5.74) is 0. The molecule has 0 aromatic carbocycles. The van der Waals surface area contributed by atoms with Crippen LogP contribution in [0, 0.1) is 10.1 Å². The van der Waals surface area contributed by atoms with Gasteiger partial charge in [-0.1, -0.05) is 6.08 Å². The van der Waals surface area contributed by atoms with Crippen LogP contribution < -0.4 is 0 Å². The Morgan fingerprint density at radius 3 is 2.89 bits per heavy atom. The lowest BCUT2D eigenvalue weighted by atomic mass is 10.4. The average Bonchev–Trinajstić information content (AvgIpc) is 1.90. The molecule has 0 spiro atoms. The lowest BCUT2D eigenvalue weighted by Crippen LogP contribution is -2.05. The minimum atomic E-state index is -0.552. The molecule has 0 bridgehead atoms. The first kappa shape index (κ1) is 5.81. The highest BCUT2D eigenvalue weighted by Crippen LogP contribution is 2.02. The van der Waals surface area contributed by atoms with E-state index in [4.69, 9.17) is 0 Å². The number of hydrogen-bond donors (Lipinski definition) is 0. The third kappa shape index (κ3) is 1.28. The first-order valence-electron chi connectivity index (χ1n) is 2.45. The summed E-state index contributed by atoms with van der Waals surface area (Å²) in [4.78, 5) is 9.38. The van der Waals surface area contributed by atoms with Crippen LogP contribution in [0.1, 0.15) is 0 Å². The number of allylic oxidation sites excluding steroid dienone is 2. The maximum Gasteiger partial charge on any atom is 0.428 e. The van der Waals surface area contributed by atoms with Gasteiger partial charge in [-0.25, -0.2) is 0 Å². The number of nitro groups is 1. The van der Waals surface area contributed by atoms with E-state index in [1.807, 2.05) is 0 Å². The predicted octanol–water partition coefficient (Wildman–Crippen LogP) is 0.691. The van der Waals surface area contributed by atoms with E-state index < -0.39 is 4.92 Å². The summed E-state index contributed by atoms with van der Waals surface area (Å²) < 4.78 is 4.61. The summed E-state index contributed by atoms with van der Waals surface area (Å²) >= 11 is 0. The Morgan fingerprint density at radius 1 is 1.78 bits per heavy atom. The lowest BCUT2D eigenvalue weighted by Gasteiger charge is -2.00. The predicted molar refractivity (Wildman–Crippen MR) is 30.2 cm³/mol. The van der Waals surface area contributed by atoms with Gasteiger partial charge in [-0.15, -0.1) is 0 Å². The molecule has 4 nitrogen and oxygen atoms in total. The first-order chi connectivity index (χ1) is 4.30. The van der Waals surface area contributed by atoms with Crippen molar-refractivity contribution in [1.82, 2.24) is 0 Å². The van der Waals surface area contributed by atoms with Gasteiger partial charge in [0.1, 0.15) is 11.5 Å². The van der Waals surface area contributed by atoms with Crippen molar-refractivity contribution in [3.63, 3.8) is 0 Å². The standard InChI is InChI=1S/C5H5NO3/c7-6(8)5-3-1-2-4-9-5/h1-3H,4H2. The molecule has 0 saturated heterocycles. The quantitative estimate of drug-likeness (QED) is 0.384. The molecule has 4 heteroatoms. The first-order valence-corrected chi connectivity index (χ1v) is 2.45. The third-order valence-corrected chi connectivity index (χ3v) is 0.882. The second-order valence-corrected chi connectivity index (χ2v) is 1.50. The van der Waals surface area contributed by atoms with Crippen molar-refractivity contribution < 1.29 is 9.66 Å². The van der Waals surface area contributed by atoms with Crippen LogP contribution >= 0.6 is 0 Å². The van der Waals surface area contributed by atoms with E-state index in [9.17, 15) is 10.1 Å². The summed E-state index contributed by atoms with van der Waals surface area (Å²) in [6, 6.07) is 0. The Labute approximate surface area is 51.6 Å². The van der Waals surface area contributed by atoms with Gasteiger partial charge < -0.3 is 4.74 Å². The van der Waals surface area contributed by atoms with Crippen molar-refractivity contribution in [3.05, 3.63) is 34.2 Å². The van der Waals surface area contributed by atoms with Gasteiger partial charge in [0.25, 0.3) is 0 Å². The van der Waals surface area contributed by atoms with Crippen LogP contribution in [-0.4, -0.2) is 11.5 Å². The summed E-state index contributed by atoms with van der Waals surface area (Å²) in [6.45, 7) is 0.298. The average molecular weight is 127 g/mol. The Hall–Kier alpha value is -1.32. The van der Waals surface area contributed by atoms with E-state index in [0.717, 1.165) is 0 Å². The highest BCUT2D eigenvalue weighted by Gasteiger charge is 2.10. The van der Waals surface area contributed by atoms with E-state index in [1.54, 1.807) is 12.2 Å². The van der Waals surface area contributed by atoms with Crippen LogP contribution in [0.4, 0.5) is 0 Å². The monoisotopic (exact) mass is 127 g/mol. The molecule has 1 aliphatic heterocycles. The van der Waals surface area contributed by atoms with Crippen LogP contribution in [0.5, 0.6) is 0 Å². The normalized spacial score (nSPS) is 16.2. The van der Waals surface area contributed by atoms with Crippen molar-refractivity contribution in [2.75, 3.05) is 6.61 Å². The van der Waals surface area contributed by atoms with E-state index in [1.165, 1.54) is 6.08 Å². The molecule has 1 rings (SSSR count). The summed E-state index contributed by atoms with van der Waals surface area (Å²) in [5, 5.41) is 9.93. The van der Waals surface area contributed by atoms with Gasteiger partial charge in [-0.2, -0.15) is 0 Å². The Kier molecular flexibility index (Phi) is 1.48. The molecule has 9 heavy (non-hydrogen) atoms. The van der Waals surface area contributed by atoms with Crippen LogP contribution in [0.15, 0.2) is 24.1 Å². The van der Waals surface area contributed by atoms with E-state index in [2.05, 4.69) is 4.74 Å². The maximum absolute atomic E-state index is 9.93. The van der Waals surface area contributed by atoms with E-state index in [-0.39, 0.29) is 5.88 Å². The van der Waals surface area contributed by atoms with Crippen molar-refractivity contribution in [3.8, 4) is 0 Å². The number of nitrogens with zero attached hydrogens (tertiary/aromatic N) is 1. The Bertz CT molecular complexity index is 183. The highest BCUT2D eigenvalue weighted by molar-refractivity contribution is 5.06. The molecule has 0 saturated carbocycles. The van der Waals surface area contributed by atoms with Crippen molar-refractivity contribution in [1.29, 1.82) is 0 Å². The minimum Gasteiger partial charge on any atom is -0.436 e.